The lowest BCUT2D eigenvalue weighted by molar-refractivity contribution is -0.114. The molecule has 2 aromatic rings. The molecular weight excluding hydrogens is 234 g/mol. The summed E-state index contributed by atoms with van der Waals surface area (Å²) < 4.78 is 4.99. The number of anilines is 2. The first-order valence-electron chi connectivity index (χ1n) is 5.23. The number of amides is 2. The number of carbonyl (C=O) groups is 2. The molecule has 2 aromatic heterocycles. The summed E-state index contributed by atoms with van der Waals surface area (Å²) in [5, 5.41) is 5.08. The molecule has 0 fully saturated rings. The number of nitrogens with zero attached hydrogens (tertiary/aromatic N) is 1. The summed E-state index contributed by atoms with van der Waals surface area (Å²) in [5.74, 6) is 0.227. The number of nitrogens with one attached hydrogen (secondary N) is 2. The van der Waals surface area contributed by atoms with Crippen LogP contribution in [0.3, 0.4) is 0 Å². The first-order chi connectivity index (χ1) is 8.65. The van der Waals surface area contributed by atoms with Gasteiger partial charge >= 0.3 is 0 Å². The maximum Gasteiger partial charge on any atom is 0.259 e. The summed E-state index contributed by atoms with van der Waals surface area (Å²) in [5.41, 5.74) is 0.375. The van der Waals surface area contributed by atoms with Crippen LogP contribution in [0.25, 0.3) is 0 Å². The molecule has 0 spiro atoms. The maximum absolute atomic E-state index is 11.7. The molecule has 2 rings (SSSR count). The van der Waals surface area contributed by atoms with Crippen molar-refractivity contribution in [2.75, 3.05) is 10.6 Å². The third-order valence-electron chi connectivity index (χ3n) is 2.09. The molecule has 0 saturated heterocycles. The summed E-state index contributed by atoms with van der Waals surface area (Å²) in [7, 11) is 0. The van der Waals surface area contributed by atoms with Crippen LogP contribution in [0.5, 0.6) is 0 Å². The van der Waals surface area contributed by atoms with Crippen LogP contribution in [0, 0.1) is 0 Å². The molecule has 2 amide bonds. The largest absolute Gasteiger partial charge is 0.449 e. The Bertz CT molecular complexity index is 546. The molecule has 6 nitrogen and oxygen atoms in total. The molecule has 92 valence electrons. The van der Waals surface area contributed by atoms with Crippen molar-refractivity contribution in [1.82, 2.24) is 4.98 Å². The standard InChI is InChI=1S/C12H11N3O3/c1-8(16)14-10-5-4-9(7-13-10)12(17)15-11-3-2-6-18-11/h2-7H,1H3,(H,15,17)(H,13,14,16). The number of pyridine rings is 1. The fraction of sp³-hybridized carbons (Fsp3) is 0.0833. The van der Waals surface area contributed by atoms with Gasteiger partial charge < -0.3 is 9.73 Å². The van der Waals surface area contributed by atoms with Crippen molar-refractivity contribution in [2.45, 2.75) is 6.92 Å². The van der Waals surface area contributed by atoms with Gasteiger partial charge in [-0.3, -0.25) is 14.9 Å². The quantitative estimate of drug-likeness (QED) is 0.864. The third-order valence-corrected chi connectivity index (χ3v) is 2.09. The van der Waals surface area contributed by atoms with Gasteiger partial charge in [-0.15, -0.1) is 0 Å². The number of furan rings is 1. The van der Waals surface area contributed by atoms with Gasteiger partial charge in [-0.05, 0) is 18.2 Å². The van der Waals surface area contributed by atoms with Crippen molar-refractivity contribution in [3.8, 4) is 0 Å². The zero-order chi connectivity index (χ0) is 13.0. The van der Waals surface area contributed by atoms with E-state index in [1.165, 1.54) is 19.4 Å². The van der Waals surface area contributed by atoms with E-state index in [2.05, 4.69) is 15.6 Å². The second kappa shape index (κ2) is 5.13. The van der Waals surface area contributed by atoms with Gasteiger partial charge in [0.1, 0.15) is 5.82 Å². The normalized spacial score (nSPS) is 9.83. The van der Waals surface area contributed by atoms with Crippen LogP contribution in [0.4, 0.5) is 11.7 Å². The van der Waals surface area contributed by atoms with Crippen LogP contribution in [0.15, 0.2) is 41.1 Å². The van der Waals surface area contributed by atoms with Crippen LogP contribution in [-0.2, 0) is 4.79 Å². The van der Waals surface area contributed by atoms with Gasteiger partial charge in [-0.2, -0.15) is 0 Å². The van der Waals surface area contributed by atoms with Crippen LogP contribution in [0.1, 0.15) is 17.3 Å². The van der Waals surface area contributed by atoms with Gasteiger partial charge in [0.15, 0.2) is 5.88 Å². The molecule has 2 heterocycles. The van der Waals surface area contributed by atoms with Crippen LogP contribution in [-0.4, -0.2) is 16.8 Å². The van der Waals surface area contributed by atoms with E-state index in [9.17, 15) is 9.59 Å². The molecule has 0 atom stereocenters. The average molecular weight is 245 g/mol. The average Bonchev–Trinajstić information content (AvgIpc) is 2.82. The van der Waals surface area contributed by atoms with Crippen LogP contribution in [0.2, 0.25) is 0 Å². The lowest BCUT2D eigenvalue weighted by Gasteiger charge is -2.03. The Morgan fingerprint density at radius 1 is 1.22 bits per heavy atom. The van der Waals surface area contributed by atoms with E-state index in [1.807, 2.05) is 0 Å². The van der Waals surface area contributed by atoms with Crippen LogP contribution < -0.4 is 10.6 Å². The van der Waals surface area contributed by atoms with Gasteiger partial charge in [0, 0.05) is 19.2 Å². The van der Waals surface area contributed by atoms with Crippen molar-refractivity contribution in [2.24, 2.45) is 0 Å². The van der Waals surface area contributed by atoms with Gasteiger partial charge in [0.05, 0.1) is 11.8 Å². The smallest absolute Gasteiger partial charge is 0.259 e. The van der Waals surface area contributed by atoms with Crippen LogP contribution >= 0.6 is 0 Å². The van der Waals surface area contributed by atoms with E-state index in [0.29, 0.717) is 17.3 Å². The predicted molar refractivity (Wildman–Crippen MR) is 65.2 cm³/mol. The zero-order valence-corrected chi connectivity index (χ0v) is 9.64. The Balaban J connectivity index is 2.05. The van der Waals surface area contributed by atoms with Gasteiger partial charge in [0.2, 0.25) is 5.91 Å². The third kappa shape index (κ3) is 2.94. The molecule has 0 aliphatic carbocycles. The monoisotopic (exact) mass is 245 g/mol. The number of carbonyl (C=O) groups excluding carboxylic acids is 2. The summed E-state index contributed by atoms with van der Waals surface area (Å²) >= 11 is 0. The second-order valence-electron chi connectivity index (χ2n) is 3.54. The summed E-state index contributed by atoms with van der Waals surface area (Å²) in [6.45, 7) is 1.39. The van der Waals surface area contributed by atoms with E-state index in [1.54, 1.807) is 24.3 Å². The molecular formula is C12H11N3O3. The highest BCUT2D eigenvalue weighted by Gasteiger charge is 2.08. The lowest BCUT2D eigenvalue weighted by atomic mass is 10.2. The predicted octanol–water partition coefficient (Wildman–Crippen LogP) is 1.89. The minimum Gasteiger partial charge on any atom is -0.449 e. The highest BCUT2D eigenvalue weighted by Crippen LogP contribution is 2.10. The number of aromatic nitrogens is 1. The second-order valence-corrected chi connectivity index (χ2v) is 3.54. The molecule has 0 radical (unpaired) electrons. The summed E-state index contributed by atoms with van der Waals surface area (Å²) in [6.07, 6.45) is 2.84. The van der Waals surface area contributed by atoms with Gasteiger partial charge in [-0.25, -0.2) is 4.98 Å². The highest BCUT2D eigenvalue weighted by molar-refractivity contribution is 6.03. The van der Waals surface area contributed by atoms with Crippen molar-refractivity contribution >= 4 is 23.5 Å². The Hall–Kier alpha value is -2.63. The topological polar surface area (TPSA) is 84.2 Å². The number of hydrogen-bond donors (Lipinski definition) is 2. The SMILES string of the molecule is CC(=O)Nc1ccc(C(=O)Nc2ccco2)cn1. The molecule has 0 unspecified atom stereocenters. The van der Waals surface area contributed by atoms with Gasteiger partial charge in [-0.1, -0.05) is 0 Å². The zero-order valence-electron chi connectivity index (χ0n) is 9.64. The highest BCUT2D eigenvalue weighted by atomic mass is 16.3. The minimum absolute atomic E-state index is 0.213. The Labute approximate surface area is 103 Å². The first kappa shape index (κ1) is 11.8. The Morgan fingerprint density at radius 3 is 2.61 bits per heavy atom. The van der Waals surface area contributed by atoms with E-state index < -0.39 is 0 Å². The lowest BCUT2D eigenvalue weighted by Crippen LogP contribution is -2.12. The molecule has 6 heteroatoms. The Kier molecular flexibility index (Phi) is 3.38. The van der Waals surface area contributed by atoms with Crippen molar-refractivity contribution in [3.05, 3.63) is 42.3 Å². The molecule has 0 aliphatic heterocycles. The van der Waals surface area contributed by atoms with E-state index >= 15 is 0 Å². The maximum atomic E-state index is 11.7. The molecule has 2 N–H and O–H groups in total. The molecule has 0 aliphatic rings. The molecule has 0 saturated carbocycles. The number of rotatable bonds is 3. The van der Waals surface area contributed by atoms with Gasteiger partial charge in [0.25, 0.3) is 5.91 Å². The van der Waals surface area contributed by atoms with E-state index in [0.717, 1.165) is 0 Å². The number of hydrogen-bond acceptors (Lipinski definition) is 4. The van der Waals surface area contributed by atoms with Crippen molar-refractivity contribution in [1.29, 1.82) is 0 Å². The summed E-state index contributed by atoms with van der Waals surface area (Å²) in [6, 6.07) is 6.43. The fourth-order valence-electron chi connectivity index (χ4n) is 1.32. The fourth-order valence-corrected chi connectivity index (χ4v) is 1.32. The molecule has 0 aromatic carbocycles. The van der Waals surface area contributed by atoms with Crippen molar-refractivity contribution < 1.29 is 14.0 Å². The Morgan fingerprint density at radius 2 is 2.06 bits per heavy atom. The summed E-state index contributed by atoms with van der Waals surface area (Å²) in [4.78, 5) is 26.5. The first-order valence-corrected chi connectivity index (χ1v) is 5.23. The van der Waals surface area contributed by atoms with Crippen molar-refractivity contribution in [3.63, 3.8) is 0 Å². The molecule has 18 heavy (non-hydrogen) atoms. The van der Waals surface area contributed by atoms with E-state index in [4.69, 9.17) is 4.42 Å². The molecule has 0 bridgehead atoms. The minimum atomic E-state index is -0.327. The van der Waals surface area contributed by atoms with E-state index in [-0.39, 0.29) is 11.8 Å².